The van der Waals surface area contributed by atoms with Crippen molar-refractivity contribution in [3.8, 4) is 17.2 Å². The van der Waals surface area contributed by atoms with Crippen LogP contribution >= 0.6 is 11.6 Å². The molecule has 2 aromatic carbocycles. The molecule has 3 rings (SSSR count). The maximum absolute atomic E-state index is 12.8. The highest BCUT2D eigenvalue weighted by molar-refractivity contribution is 6.30. The molecule has 152 valence electrons. The molecular weight excluding hydrogens is 404 g/mol. The van der Waals surface area contributed by atoms with E-state index in [2.05, 4.69) is 15.2 Å². The fourth-order valence-electron chi connectivity index (χ4n) is 2.88. The Hall–Kier alpha value is -3.13. The van der Waals surface area contributed by atoms with Crippen molar-refractivity contribution in [2.75, 3.05) is 12.4 Å². The van der Waals surface area contributed by atoms with Crippen LogP contribution in [0.15, 0.2) is 48.7 Å². The van der Waals surface area contributed by atoms with E-state index in [4.69, 9.17) is 16.3 Å². The van der Waals surface area contributed by atoms with Crippen molar-refractivity contribution >= 4 is 23.2 Å². The Bertz CT molecular complexity index is 1020. The fraction of sp³-hybridized carbons (Fsp3) is 0.200. The zero-order chi connectivity index (χ0) is 21.0. The Labute approximate surface area is 171 Å². The van der Waals surface area contributed by atoms with E-state index in [0.29, 0.717) is 22.7 Å². The monoisotopic (exact) mass is 421 g/mol. The fourth-order valence-corrected chi connectivity index (χ4v) is 3.06. The van der Waals surface area contributed by atoms with Crippen LogP contribution in [-0.2, 0) is 6.42 Å². The average Bonchev–Trinajstić information content (AvgIpc) is 3.12. The van der Waals surface area contributed by atoms with Gasteiger partial charge in [-0.2, -0.15) is 13.9 Å². The van der Waals surface area contributed by atoms with Crippen molar-refractivity contribution in [3.63, 3.8) is 0 Å². The zero-order valence-electron chi connectivity index (χ0n) is 15.7. The minimum Gasteiger partial charge on any atom is -0.493 e. The Balaban J connectivity index is 1.88. The quantitative estimate of drug-likeness (QED) is 0.586. The lowest BCUT2D eigenvalue weighted by atomic mass is 10.1. The lowest BCUT2D eigenvalue weighted by Crippen LogP contribution is -2.14. The molecule has 0 fully saturated rings. The molecule has 0 bridgehead atoms. The topological polar surface area (TPSA) is 65.4 Å². The number of halogens is 3. The highest BCUT2D eigenvalue weighted by Gasteiger charge is 2.19. The lowest BCUT2D eigenvalue weighted by Gasteiger charge is -2.12. The number of aromatic nitrogens is 2. The van der Waals surface area contributed by atoms with Crippen LogP contribution in [0.1, 0.15) is 23.0 Å². The van der Waals surface area contributed by atoms with Gasteiger partial charge in [0.25, 0.3) is 5.91 Å². The second kappa shape index (κ2) is 8.91. The second-order valence-corrected chi connectivity index (χ2v) is 6.38. The van der Waals surface area contributed by atoms with Crippen molar-refractivity contribution in [1.82, 2.24) is 9.78 Å². The first kappa shape index (κ1) is 20.6. The number of ether oxygens (including phenoxy) is 2. The highest BCUT2D eigenvalue weighted by Crippen LogP contribution is 2.32. The summed E-state index contributed by atoms with van der Waals surface area (Å²) >= 11 is 6.05. The van der Waals surface area contributed by atoms with Crippen LogP contribution in [-0.4, -0.2) is 29.4 Å². The van der Waals surface area contributed by atoms with Gasteiger partial charge in [-0.25, -0.2) is 4.68 Å². The number of hydrogen-bond donors (Lipinski definition) is 1. The van der Waals surface area contributed by atoms with Crippen LogP contribution in [0, 0.1) is 0 Å². The molecule has 0 aliphatic carbocycles. The van der Waals surface area contributed by atoms with Gasteiger partial charge in [-0.3, -0.25) is 4.79 Å². The molecule has 29 heavy (non-hydrogen) atoms. The molecule has 1 aromatic heterocycles. The smallest absolute Gasteiger partial charge is 0.387 e. The number of carbonyl (C=O) groups excluding carboxylic acids is 1. The zero-order valence-corrected chi connectivity index (χ0v) is 16.4. The Morgan fingerprint density at radius 1 is 1.24 bits per heavy atom. The second-order valence-electron chi connectivity index (χ2n) is 5.95. The normalized spacial score (nSPS) is 10.8. The number of alkyl halides is 2. The molecule has 6 nitrogen and oxygen atoms in total. The molecule has 0 aliphatic rings. The summed E-state index contributed by atoms with van der Waals surface area (Å²) in [4.78, 5) is 12.8. The summed E-state index contributed by atoms with van der Waals surface area (Å²) in [7, 11) is 1.34. The lowest BCUT2D eigenvalue weighted by molar-refractivity contribution is -0.0511. The average molecular weight is 422 g/mol. The van der Waals surface area contributed by atoms with Gasteiger partial charge >= 0.3 is 6.61 Å². The molecule has 1 amide bonds. The minimum absolute atomic E-state index is 0.131. The molecule has 0 atom stereocenters. The van der Waals surface area contributed by atoms with E-state index in [-0.39, 0.29) is 17.2 Å². The molecule has 0 saturated heterocycles. The molecular formula is C20H18ClF2N3O3. The summed E-state index contributed by atoms with van der Waals surface area (Å²) in [5.74, 6) is -0.472. The number of anilines is 1. The van der Waals surface area contributed by atoms with Gasteiger partial charge in [-0.05, 0) is 36.8 Å². The van der Waals surface area contributed by atoms with Crippen LogP contribution in [0.2, 0.25) is 5.02 Å². The number of hydrogen-bond acceptors (Lipinski definition) is 4. The van der Waals surface area contributed by atoms with Crippen LogP contribution in [0.3, 0.4) is 0 Å². The van der Waals surface area contributed by atoms with E-state index in [1.807, 2.05) is 13.0 Å². The van der Waals surface area contributed by atoms with Crippen molar-refractivity contribution in [2.24, 2.45) is 0 Å². The maximum atomic E-state index is 12.8. The number of nitrogens with one attached hydrogen (secondary N) is 1. The summed E-state index contributed by atoms with van der Waals surface area (Å²) in [5.41, 5.74) is 2.05. The first-order valence-electron chi connectivity index (χ1n) is 8.70. The van der Waals surface area contributed by atoms with Gasteiger partial charge in [0.05, 0.1) is 30.3 Å². The Kier molecular flexibility index (Phi) is 6.33. The van der Waals surface area contributed by atoms with E-state index in [1.165, 1.54) is 31.5 Å². The van der Waals surface area contributed by atoms with E-state index in [1.54, 1.807) is 22.9 Å². The summed E-state index contributed by atoms with van der Waals surface area (Å²) in [6.07, 6.45) is 1.99. The van der Waals surface area contributed by atoms with Crippen LogP contribution in [0.25, 0.3) is 5.69 Å². The van der Waals surface area contributed by atoms with Gasteiger partial charge in [0, 0.05) is 16.8 Å². The van der Waals surface area contributed by atoms with E-state index in [9.17, 15) is 13.6 Å². The number of methoxy groups -OCH3 is 1. The summed E-state index contributed by atoms with van der Waals surface area (Å²) < 4.78 is 36.3. The SMILES string of the molecule is CCc1c(C(=O)Nc2ccc(OC)c(OC(F)F)c2)cnn1-c1cccc(Cl)c1. The van der Waals surface area contributed by atoms with E-state index >= 15 is 0 Å². The van der Waals surface area contributed by atoms with Crippen molar-refractivity contribution in [2.45, 2.75) is 20.0 Å². The molecule has 1 N–H and O–H groups in total. The third kappa shape index (κ3) is 4.65. The Morgan fingerprint density at radius 3 is 2.69 bits per heavy atom. The molecule has 0 saturated carbocycles. The Morgan fingerprint density at radius 2 is 2.03 bits per heavy atom. The summed E-state index contributed by atoms with van der Waals surface area (Å²) in [5, 5.41) is 7.53. The van der Waals surface area contributed by atoms with Gasteiger partial charge in [0.2, 0.25) is 0 Å². The maximum Gasteiger partial charge on any atom is 0.387 e. The third-order valence-corrected chi connectivity index (χ3v) is 4.37. The number of nitrogens with zero attached hydrogens (tertiary/aromatic N) is 2. The van der Waals surface area contributed by atoms with Crippen LogP contribution < -0.4 is 14.8 Å². The van der Waals surface area contributed by atoms with Gasteiger partial charge in [-0.15, -0.1) is 0 Å². The molecule has 0 radical (unpaired) electrons. The number of amides is 1. The number of carbonyl (C=O) groups is 1. The number of rotatable bonds is 7. The predicted octanol–water partition coefficient (Wildman–Crippen LogP) is 4.95. The summed E-state index contributed by atoms with van der Waals surface area (Å²) in [6.45, 7) is -1.12. The molecule has 0 spiro atoms. The first-order valence-corrected chi connectivity index (χ1v) is 9.07. The number of benzene rings is 2. The molecule has 1 heterocycles. The standard InChI is InChI=1S/C20H18ClF2N3O3/c1-3-16-15(11-24-26(16)14-6-4-5-12(21)9-14)19(27)25-13-7-8-17(28-2)18(10-13)29-20(22)23/h4-11,20H,3H2,1-2H3,(H,25,27). The molecule has 0 aliphatic heterocycles. The minimum atomic E-state index is -3.02. The molecule has 3 aromatic rings. The van der Waals surface area contributed by atoms with Crippen molar-refractivity contribution < 1.29 is 23.0 Å². The van der Waals surface area contributed by atoms with E-state index in [0.717, 1.165) is 5.69 Å². The molecule has 0 unspecified atom stereocenters. The predicted molar refractivity (Wildman–Crippen MR) is 106 cm³/mol. The third-order valence-electron chi connectivity index (χ3n) is 4.14. The van der Waals surface area contributed by atoms with Crippen molar-refractivity contribution in [3.05, 3.63) is 64.9 Å². The first-order chi connectivity index (χ1) is 13.9. The largest absolute Gasteiger partial charge is 0.493 e. The van der Waals surface area contributed by atoms with Gasteiger partial charge in [-0.1, -0.05) is 24.6 Å². The van der Waals surface area contributed by atoms with Crippen LogP contribution in [0.4, 0.5) is 14.5 Å². The summed E-state index contributed by atoms with van der Waals surface area (Å²) in [6, 6.07) is 11.3. The van der Waals surface area contributed by atoms with Gasteiger partial charge < -0.3 is 14.8 Å². The highest BCUT2D eigenvalue weighted by atomic mass is 35.5. The van der Waals surface area contributed by atoms with Gasteiger partial charge in [0.1, 0.15) is 0 Å². The van der Waals surface area contributed by atoms with E-state index < -0.39 is 12.5 Å². The molecule has 9 heteroatoms. The van der Waals surface area contributed by atoms with Crippen LogP contribution in [0.5, 0.6) is 11.5 Å². The van der Waals surface area contributed by atoms with Gasteiger partial charge in [0.15, 0.2) is 11.5 Å². The van der Waals surface area contributed by atoms with Crippen molar-refractivity contribution in [1.29, 1.82) is 0 Å².